The van der Waals surface area contributed by atoms with E-state index in [1.807, 2.05) is 0 Å². The highest BCUT2D eigenvalue weighted by molar-refractivity contribution is 9.10. The van der Waals surface area contributed by atoms with Crippen molar-refractivity contribution in [2.75, 3.05) is 13.1 Å². The molecule has 104 valence electrons. The van der Waals surface area contributed by atoms with Crippen LogP contribution in [-0.4, -0.2) is 39.5 Å². The zero-order valence-electron chi connectivity index (χ0n) is 10.5. The summed E-state index contributed by atoms with van der Waals surface area (Å²) < 4.78 is 1.99. The zero-order valence-corrected chi connectivity index (χ0v) is 12.1. The topological polar surface area (TPSA) is 79.6 Å². The molecule has 0 radical (unpaired) electrons. The second-order valence-electron chi connectivity index (χ2n) is 3.93. The van der Waals surface area contributed by atoms with Crippen molar-refractivity contribution >= 4 is 27.8 Å². The molecule has 0 aliphatic rings. The Hall–Kier alpha value is -1.63. The normalized spacial score (nSPS) is 10.2. The molecule has 7 heteroatoms. The van der Waals surface area contributed by atoms with Crippen LogP contribution in [0.15, 0.2) is 27.6 Å². The highest BCUT2D eigenvalue weighted by Gasteiger charge is 2.14. The summed E-state index contributed by atoms with van der Waals surface area (Å²) in [5.74, 6) is -1.23. The number of nitrogens with zero attached hydrogens (tertiary/aromatic N) is 2. The lowest BCUT2D eigenvalue weighted by molar-refractivity contribution is -0.138. The van der Waals surface area contributed by atoms with Crippen LogP contribution in [0.1, 0.15) is 13.3 Å². The Labute approximate surface area is 118 Å². The molecular weight excluding hydrogens is 316 g/mol. The van der Waals surface area contributed by atoms with Gasteiger partial charge in [-0.05, 0) is 28.9 Å². The van der Waals surface area contributed by atoms with Gasteiger partial charge in [0, 0.05) is 29.8 Å². The number of amides is 1. The van der Waals surface area contributed by atoms with Gasteiger partial charge >= 0.3 is 5.97 Å². The molecule has 6 nitrogen and oxygen atoms in total. The van der Waals surface area contributed by atoms with Crippen molar-refractivity contribution < 1.29 is 14.7 Å². The highest BCUT2D eigenvalue weighted by Crippen LogP contribution is 2.05. The standard InChI is InChI=1S/C12H15BrN2O4/c1-2-14(6-5-12(18)19)11(17)8-15-7-9(13)3-4-10(15)16/h3-4,7H,2,5-6,8H2,1H3,(H,18,19). The van der Waals surface area contributed by atoms with Crippen LogP contribution in [0.2, 0.25) is 0 Å². The number of carbonyl (C=O) groups excluding carboxylic acids is 1. The van der Waals surface area contributed by atoms with Crippen LogP contribution in [0.3, 0.4) is 0 Å². The van der Waals surface area contributed by atoms with E-state index in [1.54, 1.807) is 13.0 Å². The lowest BCUT2D eigenvalue weighted by Crippen LogP contribution is -2.37. The van der Waals surface area contributed by atoms with E-state index in [-0.39, 0.29) is 31.0 Å². The Morgan fingerprint density at radius 2 is 2.11 bits per heavy atom. The number of aromatic nitrogens is 1. The molecule has 1 aromatic heterocycles. The van der Waals surface area contributed by atoms with E-state index in [2.05, 4.69) is 15.9 Å². The van der Waals surface area contributed by atoms with E-state index in [9.17, 15) is 14.4 Å². The van der Waals surface area contributed by atoms with Crippen molar-refractivity contribution in [2.24, 2.45) is 0 Å². The van der Waals surface area contributed by atoms with Crippen molar-refractivity contribution in [2.45, 2.75) is 19.9 Å². The van der Waals surface area contributed by atoms with Crippen LogP contribution in [-0.2, 0) is 16.1 Å². The lowest BCUT2D eigenvalue weighted by Gasteiger charge is -2.20. The smallest absolute Gasteiger partial charge is 0.305 e. The largest absolute Gasteiger partial charge is 0.481 e. The first-order valence-electron chi connectivity index (χ1n) is 5.79. The third-order valence-electron chi connectivity index (χ3n) is 2.58. The highest BCUT2D eigenvalue weighted by atomic mass is 79.9. The second kappa shape index (κ2) is 7.08. The number of carboxylic acid groups (broad SMARTS) is 1. The summed E-state index contributed by atoms with van der Waals surface area (Å²) in [5.41, 5.74) is -0.272. The summed E-state index contributed by atoms with van der Waals surface area (Å²) >= 11 is 3.23. The van der Waals surface area contributed by atoms with Gasteiger partial charge in [0.1, 0.15) is 6.54 Å². The number of halogens is 1. The van der Waals surface area contributed by atoms with Gasteiger partial charge in [0.2, 0.25) is 5.91 Å². The summed E-state index contributed by atoms with van der Waals surface area (Å²) in [6, 6.07) is 2.97. The van der Waals surface area contributed by atoms with Crippen LogP contribution in [0.25, 0.3) is 0 Å². The Kier molecular flexibility index (Phi) is 5.75. The maximum atomic E-state index is 12.0. The summed E-state index contributed by atoms with van der Waals surface area (Å²) in [7, 11) is 0. The molecule has 19 heavy (non-hydrogen) atoms. The number of likely N-dealkylation sites (N-methyl/N-ethyl adjacent to an activating group) is 1. The van der Waals surface area contributed by atoms with Gasteiger partial charge in [-0.15, -0.1) is 0 Å². The Morgan fingerprint density at radius 1 is 1.42 bits per heavy atom. The minimum Gasteiger partial charge on any atom is -0.481 e. The van der Waals surface area contributed by atoms with E-state index in [1.165, 1.54) is 21.7 Å². The molecule has 1 N–H and O–H groups in total. The van der Waals surface area contributed by atoms with Crippen LogP contribution < -0.4 is 5.56 Å². The minimum atomic E-state index is -0.953. The quantitative estimate of drug-likeness (QED) is 0.841. The fourth-order valence-electron chi connectivity index (χ4n) is 1.56. The maximum absolute atomic E-state index is 12.0. The lowest BCUT2D eigenvalue weighted by atomic mass is 10.3. The summed E-state index contributed by atoms with van der Waals surface area (Å²) in [4.78, 5) is 35.5. The molecule has 0 aliphatic heterocycles. The molecule has 0 saturated carbocycles. The average Bonchev–Trinajstić information content (AvgIpc) is 2.34. The van der Waals surface area contributed by atoms with E-state index in [4.69, 9.17) is 5.11 Å². The van der Waals surface area contributed by atoms with Crippen LogP contribution in [0, 0.1) is 0 Å². The zero-order chi connectivity index (χ0) is 14.4. The van der Waals surface area contributed by atoms with Crippen molar-refractivity contribution in [1.82, 2.24) is 9.47 Å². The molecule has 0 atom stereocenters. The molecular formula is C12H15BrN2O4. The number of aliphatic carboxylic acids is 1. The van der Waals surface area contributed by atoms with Gasteiger partial charge in [0.15, 0.2) is 0 Å². The van der Waals surface area contributed by atoms with E-state index in [0.717, 1.165) is 0 Å². The first-order valence-corrected chi connectivity index (χ1v) is 6.59. The van der Waals surface area contributed by atoms with Gasteiger partial charge in [0.25, 0.3) is 5.56 Å². The molecule has 0 spiro atoms. The molecule has 1 rings (SSSR count). The first kappa shape index (κ1) is 15.4. The second-order valence-corrected chi connectivity index (χ2v) is 4.85. The Bertz CT molecular complexity index is 527. The van der Waals surface area contributed by atoms with Gasteiger partial charge in [-0.25, -0.2) is 0 Å². The third kappa shape index (κ3) is 4.86. The molecule has 1 aromatic rings. The van der Waals surface area contributed by atoms with Gasteiger partial charge in [0.05, 0.1) is 6.42 Å². The van der Waals surface area contributed by atoms with E-state index >= 15 is 0 Å². The van der Waals surface area contributed by atoms with Crippen molar-refractivity contribution in [1.29, 1.82) is 0 Å². The number of carbonyl (C=O) groups is 2. The third-order valence-corrected chi connectivity index (χ3v) is 3.05. The van der Waals surface area contributed by atoms with Crippen molar-refractivity contribution in [3.63, 3.8) is 0 Å². The Morgan fingerprint density at radius 3 is 2.68 bits per heavy atom. The fraction of sp³-hybridized carbons (Fsp3) is 0.417. The number of pyridine rings is 1. The Balaban J connectivity index is 2.73. The number of hydrogen-bond acceptors (Lipinski definition) is 3. The predicted octanol–water partition coefficient (Wildman–Crippen LogP) is 0.934. The van der Waals surface area contributed by atoms with Gasteiger partial charge < -0.3 is 14.6 Å². The van der Waals surface area contributed by atoms with E-state index in [0.29, 0.717) is 11.0 Å². The summed E-state index contributed by atoms with van der Waals surface area (Å²) in [6.07, 6.45) is 1.43. The molecule has 0 aromatic carbocycles. The van der Waals surface area contributed by atoms with Gasteiger partial charge in [-0.3, -0.25) is 14.4 Å². The monoisotopic (exact) mass is 330 g/mol. The number of rotatable bonds is 6. The summed E-state index contributed by atoms with van der Waals surface area (Å²) in [6.45, 7) is 2.23. The van der Waals surface area contributed by atoms with Gasteiger partial charge in [-0.1, -0.05) is 0 Å². The minimum absolute atomic E-state index is 0.0915. The molecule has 0 aliphatic carbocycles. The number of hydrogen-bond donors (Lipinski definition) is 1. The van der Waals surface area contributed by atoms with E-state index < -0.39 is 5.97 Å². The maximum Gasteiger partial charge on any atom is 0.305 e. The predicted molar refractivity (Wildman–Crippen MR) is 72.9 cm³/mol. The van der Waals surface area contributed by atoms with Crippen molar-refractivity contribution in [3.8, 4) is 0 Å². The van der Waals surface area contributed by atoms with Crippen LogP contribution >= 0.6 is 15.9 Å². The molecule has 1 heterocycles. The molecule has 0 saturated heterocycles. The van der Waals surface area contributed by atoms with Gasteiger partial charge in [-0.2, -0.15) is 0 Å². The van der Waals surface area contributed by atoms with Crippen LogP contribution in [0.4, 0.5) is 0 Å². The SMILES string of the molecule is CCN(CCC(=O)O)C(=O)Cn1cc(Br)ccc1=O. The molecule has 0 fully saturated rings. The fourth-order valence-corrected chi connectivity index (χ4v) is 1.94. The van der Waals surface area contributed by atoms with Crippen LogP contribution in [0.5, 0.6) is 0 Å². The van der Waals surface area contributed by atoms with Crippen molar-refractivity contribution in [3.05, 3.63) is 33.2 Å². The summed E-state index contributed by atoms with van der Waals surface area (Å²) in [5, 5.41) is 8.61. The first-order chi connectivity index (χ1) is 8.93. The molecule has 0 bridgehead atoms. The average molecular weight is 331 g/mol. The number of carboxylic acids is 1. The molecule has 1 amide bonds. The molecule has 0 unspecified atom stereocenters.